The van der Waals surface area contributed by atoms with Gasteiger partial charge in [-0.15, -0.1) is 0 Å². The van der Waals surface area contributed by atoms with Crippen LogP contribution in [0.4, 0.5) is 0 Å². The van der Waals surface area contributed by atoms with Gasteiger partial charge in [-0.25, -0.2) is 0 Å². The third-order valence-corrected chi connectivity index (χ3v) is 2.06. The lowest BCUT2D eigenvalue weighted by Crippen LogP contribution is -2.26. The summed E-state index contributed by atoms with van der Waals surface area (Å²) >= 11 is 0. The standard InChI is InChI=1S/C10H12N2O/c1-7-2-5-9(11-6-7)10(13)12-8-3-4-8/h2,5-6,8H,3-4H2,1H3,(H,12,13). The molecule has 2 rings (SSSR count). The average molecular weight is 176 g/mol. The number of hydrogen-bond donors (Lipinski definition) is 1. The average Bonchev–Trinajstić information content (AvgIpc) is 2.89. The number of pyridine rings is 1. The summed E-state index contributed by atoms with van der Waals surface area (Å²) in [5, 5.41) is 2.89. The molecule has 1 heterocycles. The fourth-order valence-corrected chi connectivity index (χ4v) is 1.09. The zero-order valence-corrected chi connectivity index (χ0v) is 7.58. The van der Waals surface area contributed by atoms with Gasteiger partial charge in [0.15, 0.2) is 0 Å². The Labute approximate surface area is 77.2 Å². The van der Waals surface area contributed by atoms with Crippen LogP contribution >= 0.6 is 0 Å². The topological polar surface area (TPSA) is 42.0 Å². The molecule has 1 aromatic heterocycles. The van der Waals surface area contributed by atoms with E-state index in [0.717, 1.165) is 18.4 Å². The Hall–Kier alpha value is -1.38. The highest BCUT2D eigenvalue weighted by atomic mass is 16.2. The van der Waals surface area contributed by atoms with E-state index in [1.165, 1.54) is 0 Å². The predicted octanol–water partition coefficient (Wildman–Crippen LogP) is 1.28. The van der Waals surface area contributed by atoms with Crippen molar-refractivity contribution in [1.82, 2.24) is 10.3 Å². The summed E-state index contributed by atoms with van der Waals surface area (Å²) in [6, 6.07) is 4.05. The number of nitrogens with one attached hydrogen (secondary N) is 1. The third kappa shape index (κ3) is 2.05. The number of hydrogen-bond acceptors (Lipinski definition) is 2. The highest BCUT2D eigenvalue weighted by molar-refractivity contribution is 5.92. The molecule has 0 atom stereocenters. The number of aromatic nitrogens is 1. The summed E-state index contributed by atoms with van der Waals surface area (Å²) in [5.41, 5.74) is 1.58. The van der Waals surface area contributed by atoms with E-state index in [0.29, 0.717) is 11.7 Å². The smallest absolute Gasteiger partial charge is 0.270 e. The largest absolute Gasteiger partial charge is 0.348 e. The van der Waals surface area contributed by atoms with Gasteiger partial charge in [0.1, 0.15) is 5.69 Å². The minimum Gasteiger partial charge on any atom is -0.348 e. The summed E-state index contributed by atoms with van der Waals surface area (Å²) in [4.78, 5) is 15.5. The monoisotopic (exact) mass is 176 g/mol. The van der Waals surface area contributed by atoms with Crippen LogP contribution in [0.2, 0.25) is 0 Å². The van der Waals surface area contributed by atoms with Gasteiger partial charge in [-0.05, 0) is 31.4 Å². The van der Waals surface area contributed by atoms with Crippen LogP contribution in [0.25, 0.3) is 0 Å². The van der Waals surface area contributed by atoms with Crippen molar-refractivity contribution in [2.24, 2.45) is 0 Å². The van der Waals surface area contributed by atoms with Gasteiger partial charge < -0.3 is 5.32 Å². The predicted molar refractivity (Wildman–Crippen MR) is 49.5 cm³/mol. The summed E-state index contributed by atoms with van der Waals surface area (Å²) in [6.07, 6.45) is 3.93. The Morgan fingerprint density at radius 2 is 2.31 bits per heavy atom. The second-order valence-corrected chi connectivity index (χ2v) is 3.47. The maximum Gasteiger partial charge on any atom is 0.270 e. The minimum absolute atomic E-state index is 0.0532. The van der Waals surface area contributed by atoms with Crippen molar-refractivity contribution in [2.45, 2.75) is 25.8 Å². The number of carbonyl (C=O) groups is 1. The molecular formula is C10H12N2O. The number of rotatable bonds is 2. The lowest BCUT2D eigenvalue weighted by molar-refractivity contribution is 0.0946. The fourth-order valence-electron chi connectivity index (χ4n) is 1.09. The zero-order chi connectivity index (χ0) is 9.26. The molecule has 1 aliphatic carbocycles. The van der Waals surface area contributed by atoms with E-state index >= 15 is 0 Å². The maximum atomic E-state index is 11.4. The number of nitrogens with zero attached hydrogens (tertiary/aromatic N) is 1. The molecule has 68 valence electrons. The molecule has 0 saturated heterocycles. The second kappa shape index (κ2) is 3.17. The molecule has 0 unspecified atom stereocenters. The van der Waals surface area contributed by atoms with E-state index in [9.17, 15) is 4.79 Å². The first-order valence-electron chi connectivity index (χ1n) is 4.49. The Morgan fingerprint density at radius 1 is 1.54 bits per heavy atom. The molecule has 0 radical (unpaired) electrons. The summed E-state index contributed by atoms with van der Waals surface area (Å²) in [5.74, 6) is -0.0532. The molecule has 1 amide bonds. The van der Waals surface area contributed by atoms with Crippen LogP contribution < -0.4 is 5.32 Å². The molecule has 0 spiro atoms. The van der Waals surface area contributed by atoms with Gasteiger partial charge in [-0.3, -0.25) is 9.78 Å². The van der Waals surface area contributed by atoms with Crippen molar-refractivity contribution in [3.05, 3.63) is 29.6 Å². The number of carbonyl (C=O) groups excluding carboxylic acids is 1. The Balaban J connectivity index is 2.05. The Bertz CT molecular complexity index is 314. The van der Waals surface area contributed by atoms with Crippen molar-refractivity contribution in [3.63, 3.8) is 0 Å². The molecule has 1 aliphatic rings. The maximum absolute atomic E-state index is 11.4. The normalized spacial score (nSPS) is 15.5. The molecule has 0 aliphatic heterocycles. The van der Waals surface area contributed by atoms with Gasteiger partial charge in [-0.2, -0.15) is 0 Å². The van der Waals surface area contributed by atoms with Crippen LogP contribution in [0.1, 0.15) is 28.9 Å². The van der Waals surface area contributed by atoms with Gasteiger partial charge in [0.2, 0.25) is 0 Å². The minimum atomic E-state index is -0.0532. The first-order chi connectivity index (χ1) is 6.25. The van der Waals surface area contributed by atoms with E-state index < -0.39 is 0 Å². The number of amides is 1. The van der Waals surface area contributed by atoms with Crippen molar-refractivity contribution in [3.8, 4) is 0 Å². The van der Waals surface area contributed by atoms with Gasteiger partial charge in [-0.1, -0.05) is 6.07 Å². The SMILES string of the molecule is Cc1ccc(C(=O)NC2CC2)nc1. The molecule has 1 N–H and O–H groups in total. The first kappa shape index (κ1) is 8.23. The lowest BCUT2D eigenvalue weighted by Gasteiger charge is -2.01. The van der Waals surface area contributed by atoms with E-state index in [2.05, 4.69) is 10.3 Å². The van der Waals surface area contributed by atoms with E-state index in [1.54, 1.807) is 12.3 Å². The fraction of sp³-hybridized carbons (Fsp3) is 0.400. The van der Waals surface area contributed by atoms with Gasteiger partial charge in [0.25, 0.3) is 5.91 Å². The van der Waals surface area contributed by atoms with Crippen molar-refractivity contribution in [2.75, 3.05) is 0 Å². The molecule has 1 fully saturated rings. The van der Waals surface area contributed by atoms with Gasteiger partial charge >= 0.3 is 0 Å². The second-order valence-electron chi connectivity index (χ2n) is 3.47. The molecule has 3 heteroatoms. The molecule has 3 nitrogen and oxygen atoms in total. The van der Waals surface area contributed by atoms with E-state index in [1.807, 2.05) is 13.0 Å². The quantitative estimate of drug-likeness (QED) is 0.737. The van der Waals surface area contributed by atoms with Gasteiger partial charge in [0.05, 0.1) is 0 Å². The lowest BCUT2D eigenvalue weighted by atomic mass is 10.2. The summed E-state index contributed by atoms with van der Waals surface area (Å²) in [7, 11) is 0. The van der Waals surface area contributed by atoms with Crippen LogP contribution in [-0.4, -0.2) is 16.9 Å². The molecule has 0 aromatic carbocycles. The third-order valence-electron chi connectivity index (χ3n) is 2.06. The highest BCUT2D eigenvalue weighted by Gasteiger charge is 2.23. The Kier molecular flexibility index (Phi) is 2.00. The van der Waals surface area contributed by atoms with Crippen LogP contribution in [0, 0.1) is 6.92 Å². The van der Waals surface area contributed by atoms with Crippen LogP contribution in [-0.2, 0) is 0 Å². The number of aryl methyl sites for hydroxylation is 1. The molecule has 0 bridgehead atoms. The van der Waals surface area contributed by atoms with Crippen LogP contribution in [0.15, 0.2) is 18.3 Å². The van der Waals surface area contributed by atoms with Crippen molar-refractivity contribution >= 4 is 5.91 Å². The highest BCUT2D eigenvalue weighted by Crippen LogP contribution is 2.18. The molecule has 13 heavy (non-hydrogen) atoms. The molecular weight excluding hydrogens is 164 g/mol. The van der Waals surface area contributed by atoms with E-state index in [4.69, 9.17) is 0 Å². The summed E-state index contributed by atoms with van der Waals surface area (Å²) in [6.45, 7) is 1.95. The van der Waals surface area contributed by atoms with Gasteiger partial charge in [0, 0.05) is 12.2 Å². The zero-order valence-electron chi connectivity index (χ0n) is 7.58. The summed E-state index contributed by atoms with van der Waals surface area (Å²) < 4.78 is 0. The molecule has 1 saturated carbocycles. The van der Waals surface area contributed by atoms with Crippen LogP contribution in [0.3, 0.4) is 0 Å². The Morgan fingerprint density at radius 3 is 2.85 bits per heavy atom. The van der Waals surface area contributed by atoms with Crippen LogP contribution in [0.5, 0.6) is 0 Å². The van der Waals surface area contributed by atoms with Crippen molar-refractivity contribution < 1.29 is 4.79 Å². The van der Waals surface area contributed by atoms with E-state index in [-0.39, 0.29) is 5.91 Å². The first-order valence-corrected chi connectivity index (χ1v) is 4.49. The molecule has 1 aromatic rings. The van der Waals surface area contributed by atoms with Crippen molar-refractivity contribution in [1.29, 1.82) is 0 Å².